The van der Waals surface area contributed by atoms with Crippen LogP contribution in [0.15, 0.2) is 53.1 Å². The predicted molar refractivity (Wildman–Crippen MR) is 158 cm³/mol. The van der Waals surface area contributed by atoms with E-state index in [1.165, 1.54) is 37.1 Å². The van der Waals surface area contributed by atoms with Gasteiger partial charge in [-0.25, -0.2) is 0 Å². The molecule has 0 bridgehead atoms. The van der Waals surface area contributed by atoms with E-state index in [2.05, 4.69) is 101 Å². The van der Waals surface area contributed by atoms with Crippen molar-refractivity contribution < 1.29 is 9.32 Å². The van der Waals surface area contributed by atoms with Gasteiger partial charge in [0.2, 0.25) is 17.6 Å². The minimum Gasteiger partial charge on any atom is -0.352 e. The standard InChI is InChI=1S/C33H45N5O2/c1-24-8-6-16-37(20-24)21-26-10-5-9-25(18-26)19-34-32(39)28-11-7-17-38(22-28)23-30-35-31(36-40-30)27-12-14-29(15-13-27)33(2,3)4/h5,9-10,12-15,18,24,28H,6-8,11,16-17,19-23H2,1-4H3,(H,34,39). The highest BCUT2D eigenvalue weighted by Gasteiger charge is 2.27. The molecule has 0 spiro atoms. The molecular weight excluding hydrogens is 498 g/mol. The van der Waals surface area contributed by atoms with E-state index < -0.39 is 0 Å². The quantitative estimate of drug-likeness (QED) is 0.387. The lowest BCUT2D eigenvalue weighted by Gasteiger charge is -2.31. The smallest absolute Gasteiger partial charge is 0.241 e. The highest BCUT2D eigenvalue weighted by molar-refractivity contribution is 5.79. The summed E-state index contributed by atoms with van der Waals surface area (Å²) in [4.78, 5) is 22.6. The van der Waals surface area contributed by atoms with E-state index in [-0.39, 0.29) is 17.2 Å². The van der Waals surface area contributed by atoms with Gasteiger partial charge in [-0.05, 0) is 66.8 Å². The van der Waals surface area contributed by atoms with Crippen molar-refractivity contribution in [2.24, 2.45) is 11.8 Å². The Hall–Kier alpha value is -3.03. The fourth-order valence-corrected chi connectivity index (χ4v) is 6.02. The molecule has 7 nitrogen and oxygen atoms in total. The Labute approximate surface area is 239 Å². The van der Waals surface area contributed by atoms with Crippen molar-refractivity contribution in [3.63, 3.8) is 0 Å². The van der Waals surface area contributed by atoms with E-state index in [9.17, 15) is 4.79 Å². The first-order chi connectivity index (χ1) is 19.2. The van der Waals surface area contributed by atoms with Crippen molar-refractivity contribution in [1.82, 2.24) is 25.3 Å². The summed E-state index contributed by atoms with van der Waals surface area (Å²) in [5.41, 5.74) is 4.82. The van der Waals surface area contributed by atoms with Gasteiger partial charge in [-0.3, -0.25) is 14.6 Å². The number of hydrogen-bond donors (Lipinski definition) is 1. The summed E-state index contributed by atoms with van der Waals surface area (Å²) in [5.74, 6) is 2.08. The van der Waals surface area contributed by atoms with E-state index in [0.717, 1.165) is 43.0 Å². The van der Waals surface area contributed by atoms with Crippen LogP contribution in [-0.2, 0) is 29.8 Å². The van der Waals surface area contributed by atoms with Crippen molar-refractivity contribution in [3.8, 4) is 11.4 Å². The van der Waals surface area contributed by atoms with Crippen molar-refractivity contribution in [3.05, 3.63) is 71.1 Å². The van der Waals surface area contributed by atoms with Crippen LogP contribution in [-0.4, -0.2) is 52.0 Å². The molecule has 2 saturated heterocycles. The third-order valence-electron chi connectivity index (χ3n) is 8.32. The first-order valence-electron chi connectivity index (χ1n) is 15.0. The Kier molecular flexibility index (Phi) is 9.01. The van der Waals surface area contributed by atoms with Gasteiger partial charge in [0.05, 0.1) is 12.5 Å². The van der Waals surface area contributed by atoms with Gasteiger partial charge in [0.1, 0.15) is 0 Å². The van der Waals surface area contributed by atoms with E-state index >= 15 is 0 Å². The molecule has 5 rings (SSSR count). The number of piperidine rings is 2. The summed E-state index contributed by atoms with van der Waals surface area (Å²) in [5, 5.41) is 7.41. The lowest BCUT2D eigenvalue weighted by Crippen LogP contribution is -2.42. The fourth-order valence-electron chi connectivity index (χ4n) is 6.02. The number of nitrogens with zero attached hydrogens (tertiary/aromatic N) is 4. The second-order valence-corrected chi connectivity index (χ2v) is 12.9. The van der Waals surface area contributed by atoms with Gasteiger partial charge in [0.25, 0.3) is 0 Å². The summed E-state index contributed by atoms with van der Waals surface area (Å²) in [7, 11) is 0. The summed E-state index contributed by atoms with van der Waals surface area (Å²) in [6.45, 7) is 15.1. The molecule has 1 amide bonds. The average molecular weight is 544 g/mol. The minimum absolute atomic E-state index is 0.0286. The normalized spacial score (nSPS) is 20.9. The molecule has 3 heterocycles. The molecule has 2 aliphatic heterocycles. The monoisotopic (exact) mass is 543 g/mol. The number of benzene rings is 2. The van der Waals surface area contributed by atoms with E-state index in [1.54, 1.807) is 0 Å². The van der Waals surface area contributed by atoms with Gasteiger partial charge in [0.15, 0.2) is 0 Å². The van der Waals surface area contributed by atoms with E-state index in [4.69, 9.17) is 4.52 Å². The molecule has 40 heavy (non-hydrogen) atoms. The molecule has 2 aromatic carbocycles. The number of aromatic nitrogens is 2. The van der Waals surface area contributed by atoms with Crippen molar-refractivity contribution in [2.45, 2.75) is 78.4 Å². The van der Waals surface area contributed by atoms with Crippen LogP contribution in [0.4, 0.5) is 0 Å². The molecule has 2 atom stereocenters. The summed E-state index contributed by atoms with van der Waals surface area (Å²) < 4.78 is 5.59. The molecule has 7 heteroatoms. The van der Waals surface area contributed by atoms with Crippen LogP contribution >= 0.6 is 0 Å². The number of rotatable bonds is 8. The van der Waals surface area contributed by atoms with Gasteiger partial charge in [-0.1, -0.05) is 81.4 Å². The van der Waals surface area contributed by atoms with Crippen molar-refractivity contribution in [2.75, 3.05) is 26.2 Å². The maximum Gasteiger partial charge on any atom is 0.241 e. The number of likely N-dealkylation sites (tertiary alicyclic amines) is 2. The van der Waals surface area contributed by atoms with Crippen LogP contribution in [0.25, 0.3) is 11.4 Å². The van der Waals surface area contributed by atoms with Gasteiger partial charge in [0, 0.05) is 31.7 Å². The number of carbonyl (C=O) groups excluding carboxylic acids is 1. The van der Waals surface area contributed by atoms with E-state index in [0.29, 0.717) is 31.3 Å². The van der Waals surface area contributed by atoms with Crippen LogP contribution in [0.2, 0.25) is 0 Å². The fraction of sp³-hybridized carbons (Fsp3) is 0.545. The molecule has 1 aromatic heterocycles. The van der Waals surface area contributed by atoms with Crippen molar-refractivity contribution >= 4 is 5.91 Å². The number of hydrogen-bond acceptors (Lipinski definition) is 6. The Balaban J connectivity index is 1.11. The molecule has 0 saturated carbocycles. The topological polar surface area (TPSA) is 74.5 Å². The Morgan fingerprint density at radius 1 is 0.975 bits per heavy atom. The summed E-state index contributed by atoms with van der Waals surface area (Å²) in [6.07, 6.45) is 4.51. The van der Waals surface area contributed by atoms with Crippen LogP contribution in [0.1, 0.15) is 76.0 Å². The van der Waals surface area contributed by atoms with Gasteiger partial charge < -0.3 is 9.84 Å². The maximum atomic E-state index is 13.1. The van der Waals surface area contributed by atoms with E-state index in [1.807, 2.05) is 0 Å². The lowest BCUT2D eigenvalue weighted by atomic mass is 9.87. The second kappa shape index (κ2) is 12.6. The molecule has 3 aromatic rings. The largest absolute Gasteiger partial charge is 0.352 e. The molecule has 2 fully saturated rings. The molecule has 1 N–H and O–H groups in total. The molecule has 0 aliphatic carbocycles. The molecule has 2 unspecified atom stereocenters. The first kappa shape index (κ1) is 28.5. The third-order valence-corrected chi connectivity index (χ3v) is 8.32. The third kappa shape index (κ3) is 7.58. The van der Waals surface area contributed by atoms with Gasteiger partial charge >= 0.3 is 0 Å². The number of nitrogens with one attached hydrogen (secondary N) is 1. The molecular formula is C33H45N5O2. The Bertz CT molecular complexity index is 1260. The average Bonchev–Trinajstić information content (AvgIpc) is 3.40. The van der Waals surface area contributed by atoms with Crippen LogP contribution in [0, 0.1) is 11.8 Å². The Morgan fingerprint density at radius 2 is 1.70 bits per heavy atom. The summed E-state index contributed by atoms with van der Waals surface area (Å²) in [6, 6.07) is 17.0. The van der Waals surface area contributed by atoms with Gasteiger partial charge in [-0.15, -0.1) is 0 Å². The van der Waals surface area contributed by atoms with Crippen molar-refractivity contribution in [1.29, 1.82) is 0 Å². The highest BCUT2D eigenvalue weighted by Crippen LogP contribution is 2.26. The van der Waals surface area contributed by atoms with Crippen LogP contribution in [0.3, 0.4) is 0 Å². The Morgan fingerprint density at radius 3 is 2.45 bits per heavy atom. The van der Waals surface area contributed by atoms with Crippen LogP contribution in [0.5, 0.6) is 0 Å². The first-order valence-corrected chi connectivity index (χ1v) is 15.0. The zero-order valence-corrected chi connectivity index (χ0v) is 24.7. The highest BCUT2D eigenvalue weighted by atomic mass is 16.5. The molecule has 214 valence electrons. The minimum atomic E-state index is -0.0286. The van der Waals surface area contributed by atoms with Crippen LogP contribution < -0.4 is 5.32 Å². The molecule has 0 radical (unpaired) electrons. The SMILES string of the molecule is CC1CCCN(Cc2cccc(CNC(=O)C3CCCN(Cc4nc(-c5ccc(C(C)(C)C)cc5)no4)C3)c2)C1. The predicted octanol–water partition coefficient (Wildman–Crippen LogP) is 5.79. The lowest BCUT2D eigenvalue weighted by molar-refractivity contribution is -0.127. The second-order valence-electron chi connectivity index (χ2n) is 12.9. The number of amides is 1. The molecule has 2 aliphatic rings. The zero-order chi connectivity index (χ0) is 28.1. The van der Waals surface area contributed by atoms with Gasteiger partial charge in [-0.2, -0.15) is 4.98 Å². The maximum absolute atomic E-state index is 13.1. The number of carbonyl (C=O) groups is 1. The zero-order valence-electron chi connectivity index (χ0n) is 24.7. The summed E-state index contributed by atoms with van der Waals surface area (Å²) >= 11 is 0.